The molecule has 2 N–H and O–H groups in total. The average molecular weight is 294 g/mol. The van der Waals surface area contributed by atoms with Gasteiger partial charge >= 0.3 is 0 Å². The summed E-state index contributed by atoms with van der Waals surface area (Å²) in [5, 5.41) is 0. The summed E-state index contributed by atoms with van der Waals surface area (Å²) in [6.07, 6.45) is 0. The Labute approximate surface area is 116 Å². The van der Waals surface area contributed by atoms with Gasteiger partial charge in [0.2, 0.25) is 0 Å². The number of nitrogens with two attached hydrogens (primary N) is 1. The molecule has 3 rings (SSSR count). The number of fused-ring (bicyclic) bond motifs is 1. The molecular formula is C13H8F2N2S2. The van der Waals surface area contributed by atoms with Crippen LogP contribution >= 0.6 is 23.1 Å². The highest BCUT2D eigenvalue weighted by molar-refractivity contribution is 8.01. The van der Waals surface area contributed by atoms with Gasteiger partial charge in [0.15, 0.2) is 4.34 Å². The zero-order chi connectivity index (χ0) is 13.4. The fourth-order valence-electron chi connectivity index (χ4n) is 1.63. The van der Waals surface area contributed by atoms with Crippen LogP contribution in [0.4, 0.5) is 14.5 Å². The lowest BCUT2D eigenvalue weighted by Crippen LogP contribution is -1.94. The Balaban J connectivity index is 2.01. The minimum Gasteiger partial charge on any atom is -0.395 e. The second kappa shape index (κ2) is 4.79. The molecular weight excluding hydrogens is 286 g/mol. The SMILES string of the molecule is Nc1c(F)cc(F)cc1Sc1nc2ccccc2s1. The standard InChI is InChI=1S/C13H8F2N2S2/c14-7-5-8(15)12(16)11(6-7)19-13-17-9-3-1-2-4-10(9)18-13/h1-6H,16H2. The normalized spacial score (nSPS) is 11.1. The van der Waals surface area contributed by atoms with Gasteiger partial charge in [0, 0.05) is 11.0 Å². The lowest BCUT2D eigenvalue weighted by atomic mass is 10.3. The summed E-state index contributed by atoms with van der Waals surface area (Å²) < 4.78 is 28.3. The average Bonchev–Trinajstić information content (AvgIpc) is 2.77. The molecule has 0 spiro atoms. The number of aromatic nitrogens is 1. The number of benzene rings is 2. The van der Waals surface area contributed by atoms with Gasteiger partial charge in [-0.1, -0.05) is 23.9 Å². The van der Waals surface area contributed by atoms with Gasteiger partial charge in [-0.2, -0.15) is 0 Å². The largest absolute Gasteiger partial charge is 0.395 e. The van der Waals surface area contributed by atoms with Gasteiger partial charge in [0.1, 0.15) is 11.6 Å². The number of hydrogen-bond donors (Lipinski definition) is 1. The summed E-state index contributed by atoms with van der Waals surface area (Å²) in [5.74, 6) is -1.39. The van der Waals surface area contributed by atoms with Crippen LogP contribution in [0.5, 0.6) is 0 Å². The summed E-state index contributed by atoms with van der Waals surface area (Å²) in [6.45, 7) is 0. The molecule has 0 aliphatic heterocycles. The van der Waals surface area contributed by atoms with E-state index in [1.165, 1.54) is 29.2 Å². The van der Waals surface area contributed by atoms with Crippen molar-refractivity contribution in [2.75, 3.05) is 5.73 Å². The van der Waals surface area contributed by atoms with Gasteiger partial charge in [-0.05, 0) is 18.2 Å². The number of thiazole rings is 1. The maximum atomic E-state index is 13.4. The minimum atomic E-state index is -0.747. The van der Waals surface area contributed by atoms with Gasteiger partial charge < -0.3 is 5.73 Å². The highest BCUT2D eigenvalue weighted by Gasteiger charge is 2.12. The van der Waals surface area contributed by atoms with Crippen LogP contribution in [0, 0.1) is 11.6 Å². The lowest BCUT2D eigenvalue weighted by molar-refractivity contribution is 0.581. The van der Waals surface area contributed by atoms with E-state index in [0.29, 0.717) is 9.24 Å². The fraction of sp³-hybridized carbons (Fsp3) is 0. The van der Waals surface area contributed by atoms with Crippen LogP contribution in [0.3, 0.4) is 0 Å². The van der Waals surface area contributed by atoms with Crippen LogP contribution in [0.1, 0.15) is 0 Å². The van der Waals surface area contributed by atoms with Crippen LogP contribution in [0.2, 0.25) is 0 Å². The third-order valence-electron chi connectivity index (χ3n) is 2.53. The minimum absolute atomic E-state index is 0.0503. The number of rotatable bonds is 2. The van der Waals surface area contributed by atoms with Crippen LogP contribution in [-0.4, -0.2) is 4.98 Å². The van der Waals surface area contributed by atoms with Crippen molar-refractivity contribution < 1.29 is 8.78 Å². The molecule has 1 aromatic heterocycles. The smallest absolute Gasteiger partial charge is 0.155 e. The number of nitrogen functional groups attached to an aromatic ring is 1. The Morgan fingerprint density at radius 3 is 2.74 bits per heavy atom. The molecule has 1 heterocycles. The van der Waals surface area contributed by atoms with Crippen molar-refractivity contribution in [2.24, 2.45) is 0 Å². The molecule has 0 saturated heterocycles. The third-order valence-corrected chi connectivity index (χ3v) is 4.68. The Morgan fingerprint density at radius 1 is 1.16 bits per heavy atom. The Hall–Kier alpha value is -1.66. The molecule has 0 bridgehead atoms. The van der Waals surface area contributed by atoms with E-state index < -0.39 is 11.6 Å². The second-order valence-corrected chi connectivity index (χ2v) is 6.17. The fourth-order valence-corrected chi connectivity index (χ4v) is 3.75. The summed E-state index contributed by atoms with van der Waals surface area (Å²) in [7, 11) is 0. The van der Waals surface area contributed by atoms with Gasteiger partial charge in [-0.25, -0.2) is 13.8 Å². The van der Waals surface area contributed by atoms with E-state index in [-0.39, 0.29) is 5.69 Å². The number of halogens is 2. The molecule has 2 aromatic carbocycles. The topological polar surface area (TPSA) is 38.9 Å². The quantitative estimate of drug-likeness (QED) is 0.716. The second-order valence-electron chi connectivity index (χ2n) is 3.85. The maximum Gasteiger partial charge on any atom is 0.155 e. The third kappa shape index (κ3) is 2.41. The van der Waals surface area contributed by atoms with Gasteiger partial charge in [-0.3, -0.25) is 0 Å². The first kappa shape index (κ1) is 12.4. The van der Waals surface area contributed by atoms with Crippen LogP contribution < -0.4 is 5.73 Å². The molecule has 0 radical (unpaired) electrons. The molecule has 6 heteroatoms. The highest BCUT2D eigenvalue weighted by Crippen LogP contribution is 2.37. The molecule has 0 aliphatic rings. The molecule has 2 nitrogen and oxygen atoms in total. The molecule has 0 fully saturated rings. The van der Waals surface area contributed by atoms with E-state index in [1.807, 2.05) is 24.3 Å². The van der Waals surface area contributed by atoms with E-state index in [2.05, 4.69) is 4.98 Å². The maximum absolute atomic E-state index is 13.4. The van der Waals surface area contributed by atoms with E-state index in [4.69, 9.17) is 5.73 Å². The van der Waals surface area contributed by atoms with Crippen molar-refractivity contribution in [3.63, 3.8) is 0 Å². The van der Waals surface area contributed by atoms with Crippen LogP contribution in [0.25, 0.3) is 10.2 Å². The van der Waals surface area contributed by atoms with Crippen molar-refractivity contribution in [1.82, 2.24) is 4.98 Å². The van der Waals surface area contributed by atoms with Crippen molar-refractivity contribution in [2.45, 2.75) is 9.24 Å². The zero-order valence-corrected chi connectivity index (χ0v) is 11.2. The lowest BCUT2D eigenvalue weighted by Gasteiger charge is -2.04. The Morgan fingerprint density at radius 2 is 1.95 bits per heavy atom. The van der Waals surface area contributed by atoms with E-state index in [1.54, 1.807) is 0 Å². The van der Waals surface area contributed by atoms with Gasteiger partial charge in [0.05, 0.1) is 15.9 Å². The van der Waals surface area contributed by atoms with Crippen LogP contribution in [0.15, 0.2) is 45.6 Å². The summed E-state index contributed by atoms with van der Waals surface area (Å²) in [6, 6.07) is 9.66. The van der Waals surface area contributed by atoms with Gasteiger partial charge in [-0.15, -0.1) is 11.3 Å². The van der Waals surface area contributed by atoms with E-state index in [9.17, 15) is 8.78 Å². The summed E-state index contributed by atoms with van der Waals surface area (Å²) in [4.78, 5) is 4.73. The first-order valence-electron chi connectivity index (χ1n) is 5.41. The first-order valence-corrected chi connectivity index (χ1v) is 7.05. The highest BCUT2D eigenvalue weighted by atomic mass is 32.2. The molecule has 0 amide bonds. The molecule has 0 unspecified atom stereocenters. The molecule has 96 valence electrons. The predicted molar refractivity (Wildman–Crippen MR) is 74.5 cm³/mol. The van der Waals surface area contributed by atoms with Gasteiger partial charge in [0.25, 0.3) is 0 Å². The Kier molecular flexibility index (Phi) is 3.12. The number of para-hydroxylation sites is 1. The molecule has 0 saturated carbocycles. The molecule has 19 heavy (non-hydrogen) atoms. The number of anilines is 1. The van der Waals surface area contributed by atoms with Crippen molar-refractivity contribution in [3.05, 3.63) is 48.0 Å². The van der Waals surface area contributed by atoms with E-state index in [0.717, 1.165) is 16.3 Å². The number of nitrogens with zero attached hydrogens (tertiary/aromatic N) is 1. The predicted octanol–water partition coefficient (Wildman–Crippen LogP) is 4.31. The zero-order valence-electron chi connectivity index (χ0n) is 9.56. The molecule has 0 atom stereocenters. The first-order chi connectivity index (χ1) is 9.13. The Bertz CT molecular complexity index is 722. The van der Waals surface area contributed by atoms with Crippen molar-refractivity contribution >= 4 is 39.0 Å². The van der Waals surface area contributed by atoms with Crippen molar-refractivity contribution in [3.8, 4) is 0 Å². The van der Waals surface area contributed by atoms with E-state index >= 15 is 0 Å². The summed E-state index contributed by atoms with van der Waals surface area (Å²) in [5.41, 5.74) is 6.42. The van der Waals surface area contributed by atoms with Crippen molar-refractivity contribution in [1.29, 1.82) is 0 Å². The summed E-state index contributed by atoms with van der Waals surface area (Å²) >= 11 is 2.63. The molecule has 0 aliphatic carbocycles. The monoisotopic (exact) mass is 294 g/mol. The van der Waals surface area contributed by atoms with Crippen LogP contribution in [-0.2, 0) is 0 Å². The molecule has 3 aromatic rings. The number of hydrogen-bond acceptors (Lipinski definition) is 4.